The van der Waals surface area contributed by atoms with Crippen molar-refractivity contribution in [3.05, 3.63) is 70.5 Å². The molecule has 0 fully saturated rings. The number of benzene rings is 1. The van der Waals surface area contributed by atoms with Crippen LogP contribution in [0.4, 0.5) is 0 Å². The van der Waals surface area contributed by atoms with Gasteiger partial charge in [-0.25, -0.2) is 4.99 Å². The van der Waals surface area contributed by atoms with Gasteiger partial charge in [0.15, 0.2) is 5.11 Å². The Hall–Kier alpha value is -2.58. The van der Waals surface area contributed by atoms with E-state index in [2.05, 4.69) is 51.4 Å². The van der Waals surface area contributed by atoms with Crippen molar-refractivity contribution in [2.24, 2.45) is 4.99 Å². The number of aliphatic imine (C=N–C) groups is 1. The molecule has 144 valence electrons. The number of carbonyl (C=O) groups excluding carboxylic acids is 1. The summed E-state index contributed by atoms with van der Waals surface area (Å²) in [7, 11) is 0. The summed E-state index contributed by atoms with van der Waals surface area (Å²) in [6.07, 6.45) is 8.39. The van der Waals surface area contributed by atoms with E-state index in [1.165, 1.54) is 0 Å². The Labute approximate surface area is 173 Å². The highest BCUT2D eigenvalue weighted by Crippen LogP contribution is 2.44. The van der Waals surface area contributed by atoms with Crippen molar-refractivity contribution in [3.63, 3.8) is 0 Å². The minimum atomic E-state index is -0.215. The van der Waals surface area contributed by atoms with Crippen molar-refractivity contribution in [1.29, 1.82) is 0 Å². The van der Waals surface area contributed by atoms with Crippen molar-refractivity contribution >= 4 is 41.2 Å². The van der Waals surface area contributed by atoms with Crippen molar-refractivity contribution in [3.8, 4) is 0 Å². The van der Waals surface area contributed by atoms with Crippen LogP contribution in [-0.2, 0) is 0 Å². The van der Waals surface area contributed by atoms with E-state index in [4.69, 9.17) is 12.2 Å². The van der Waals surface area contributed by atoms with Crippen molar-refractivity contribution in [2.45, 2.75) is 17.7 Å². The van der Waals surface area contributed by atoms with Crippen LogP contribution in [0.2, 0.25) is 0 Å². The van der Waals surface area contributed by atoms with Gasteiger partial charge in [-0.2, -0.15) is 0 Å². The standard InChI is InChI=1S/C20H21N5OS2/c1-20-8-7-13(11-15(20)24-16-18(28-20)22-10-9-21-16)12-23-19(27)25-17(26)14-5-3-2-4-6-14/h2-8,10-11,15,21,24H,9,12H2,1H3,(H2,23,25,26,27). The monoisotopic (exact) mass is 411 g/mol. The first kappa shape index (κ1) is 18.8. The maximum absolute atomic E-state index is 12.2. The molecule has 2 unspecified atom stereocenters. The molecule has 1 aromatic carbocycles. The predicted molar refractivity (Wildman–Crippen MR) is 118 cm³/mol. The third-order valence-electron chi connectivity index (χ3n) is 4.75. The van der Waals surface area contributed by atoms with Gasteiger partial charge in [0.25, 0.3) is 5.91 Å². The molecule has 4 rings (SSSR count). The molecule has 1 aromatic rings. The summed E-state index contributed by atoms with van der Waals surface area (Å²) in [4.78, 5) is 16.7. The molecule has 0 spiro atoms. The fourth-order valence-corrected chi connectivity index (χ4v) is 4.51. The smallest absolute Gasteiger partial charge is 0.257 e. The van der Waals surface area contributed by atoms with Crippen LogP contribution in [0.25, 0.3) is 0 Å². The zero-order chi connectivity index (χ0) is 19.6. The van der Waals surface area contributed by atoms with Gasteiger partial charge in [0.05, 0.1) is 17.3 Å². The minimum absolute atomic E-state index is 0.0965. The number of thiocarbonyl (C=S) groups is 1. The Morgan fingerprint density at radius 2 is 2.21 bits per heavy atom. The van der Waals surface area contributed by atoms with Crippen LogP contribution in [-0.4, -0.2) is 41.1 Å². The predicted octanol–water partition coefficient (Wildman–Crippen LogP) is 2.05. The lowest BCUT2D eigenvalue weighted by Gasteiger charge is -2.42. The summed E-state index contributed by atoms with van der Waals surface area (Å²) in [5.41, 5.74) is 1.68. The molecule has 8 heteroatoms. The third kappa shape index (κ3) is 3.98. The second-order valence-electron chi connectivity index (χ2n) is 6.86. The number of hydrogen-bond donors (Lipinski definition) is 4. The largest absolute Gasteiger partial charge is 0.365 e. The molecule has 0 radical (unpaired) electrons. The normalized spacial score (nSPS) is 24.9. The van der Waals surface area contributed by atoms with Gasteiger partial charge in [-0.05, 0) is 36.8 Å². The summed E-state index contributed by atoms with van der Waals surface area (Å²) in [5.74, 6) is 0.770. The van der Waals surface area contributed by atoms with Gasteiger partial charge in [-0.3, -0.25) is 10.1 Å². The first-order valence-corrected chi connectivity index (χ1v) is 10.3. The lowest BCUT2D eigenvalue weighted by atomic mass is 9.92. The van der Waals surface area contributed by atoms with Gasteiger partial charge in [-0.15, -0.1) is 0 Å². The van der Waals surface area contributed by atoms with Crippen molar-refractivity contribution in [1.82, 2.24) is 21.3 Å². The topological polar surface area (TPSA) is 77.5 Å². The van der Waals surface area contributed by atoms with Crippen LogP contribution >= 0.6 is 24.0 Å². The van der Waals surface area contributed by atoms with E-state index >= 15 is 0 Å². The van der Waals surface area contributed by atoms with E-state index in [1.54, 1.807) is 23.9 Å². The molecule has 2 aliphatic heterocycles. The number of amides is 1. The Balaban J connectivity index is 1.35. The molecule has 0 saturated carbocycles. The van der Waals surface area contributed by atoms with Crippen LogP contribution in [0.3, 0.4) is 0 Å². The summed E-state index contributed by atoms with van der Waals surface area (Å²) >= 11 is 7.02. The molecule has 1 aliphatic carbocycles. The Morgan fingerprint density at radius 3 is 3.04 bits per heavy atom. The maximum atomic E-state index is 12.2. The van der Waals surface area contributed by atoms with Gasteiger partial charge < -0.3 is 16.0 Å². The van der Waals surface area contributed by atoms with Crippen LogP contribution in [0.5, 0.6) is 0 Å². The number of fused-ring (bicyclic) bond motifs is 1. The van der Waals surface area contributed by atoms with Gasteiger partial charge in [-0.1, -0.05) is 48.2 Å². The van der Waals surface area contributed by atoms with E-state index < -0.39 is 0 Å². The van der Waals surface area contributed by atoms with E-state index in [-0.39, 0.29) is 16.7 Å². The molecule has 0 bridgehead atoms. The first-order chi connectivity index (χ1) is 13.5. The van der Waals surface area contributed by atoms with Crippen LogP contribution in [0.15, 0.2) is 70.0 Å². The zero-order valence-electron chi connectivity index (χ0n) is 15.4. The average Bonchev–Trinajstić information content (AvgIpc) is 2.71. The fourth-order valence-electron chi connectivity index (χ4n) is 3.17. The van der Waals surface area contributed by atoms with E-state index in [1.807, 2.05) is 24.4 Å². The molecular weight excluding hydrogens is 390 g/mol. The van der Waals surface area contributed by atoms with Gasteiger partial charge >= 0.3 is 0 Å². The Bertz CT molecular complexity index is 922. The zero-order valence-corrected chi connectivity index (χ0v) is 17.0. The van der Waals surface area contributed by atoms with Crippen LogP contribution in [0.1, 0.15) is 17.3 Å². The first-order valence-electron chi connectivity index (χ1n) is 9.04. The minimum Gasteiger partial charge on any atom is -0.365 e. The van der Waals surface area contributed by atoms with Crippen LogP contribution in [0, 0.1) is 0 Å². The highest BCUT2D eigenvalue weighted by molar-refractivity contribution is 8.04. The fraction of sp³-hybridized carbons (Fsp3) is 0.250. The average molecular weight is 412 g/mol. The van der Waals surface area contributed by atoms with Gasteiger partial charge in [0.2, 0.25) is 0 Å². The molecule has 1 amide bonds. The Morgan fingerprint density at radius 1 is 1.39 bits per heavy atom. The van der Waals surface area contributed by atoms with Gasteiger partial charge in [0.1, 0.15) is 10.9 Å². The second-order valence-corrected chi connectivity index (χ2v) is 8.74. The molecule has 28 heavy (non-hydrogen) atoms. The highest BCUT2D eigenvalue weighted by atomic mass is 32.2. The molecule has 3 aliphatic rings. The van der Waals surface area contributed by atoms with E-state index in [0.717, 1.165) is 23.0 Å². The SMILES string of the molecule is CC12C=CC(CNC(=S)NC(=O)c3ccccc3)=CC1NC1=C(N=CCN1)S2. The molecule has 6 nitrogen and oxygen atoms in total. The number of carbonyl (C=O) groups is 1. The molecule has 2 heterocycles. The highest BCUT2D eigenvalue weighted by Gasteiger charge is 2.40. The number of nitrogens with zero attached hydrogens (tertiary/aromatic N) is 1. The van der Waals surface area contributed by atoms with Crippen molar-refractivity contribution in [2.75, 3.05) is 13.1 Å². The molecule has 4 N–H and O–H groups in total. The summed E-state index contributed by atoms with van der Waals surface area (Å²) in [6.45, 7) is 3.48. The number of hydrogen-bond acceptors (Lipinski definition) is 6. The number of thioether (sulfide) groups is 1. The summed E-state index contributed by atoms with van der Waals surface area (Å²) < 4.78 is -0.0965. The van der Waals surface area contributed by atoms with Crippen molar-refractivity contribution < 1.29 is 4.79 Å². The van der Waals surface area contributed by atoms with Crippen LogP contribution < -0.4 is 21.3 Å². The molecule has 0 saturated heterocycles. The lowest BCUT2D eigenvalue weighted by molar-refractivity contribution is 0.0976. The number of nitrogens with one attached hydrogen (secondary N) is 4. The lowest BCUT2D eigenvalue weighted by Crippen LogP contribution is -2.52. The third-order valence-corrected chi connectivity index (χ3v) is 6.33. The quantitative estimate of drug-likeness (QED) is 0.571. The van der Waals surface area contributed by atoms with Gasteiger partial charge in [0, 0.05) is 18.3 Å². The second kappa shape index (κ2) is 7.81. The molecular formula is C20H21N5OS2. The number of rotatable bonds is 3. The summed E-state index contributed by atoms with van der Waals surface area (Å²) in [6, 6.07) is 9.17. The Kier molecular flexibility index (Phi) is 5.23. The maximum Gasteiger partial charge on any atom is 0.257 e. The molecule has 2 atom stereocenters. The molecule has 0 aromatic heterocycles. The van der Waals surface area contributed by atoms with E-state index in [0.29, 0.717) is 17.2 Å². The summed E-state index contributed by atoms with van der Waals surface area (Å²) in [5, 5.41) is 14.0. The van der Waals surface area contributed by atoms with E-state index in [9.17, 15) is 4.79 Å².